The van der Waals surface area contributed by atoms with Crippen molar-refractivity contribution in [3.05, 3.63) is 35.5 Å². The molecule has 2 aromatic rings. The molecular formula is C15H22N2OS. The third kappa shape index (κ3) is 2.90. The number of para-hydroxylation sites is 1. The predicted molar refractivity (Wildman–Crippen MR) is 82.9 cm³/mol. The van der Waals surface area contributed by atoms with E-state index in [4.69, 9.17) is 0 Å². The van der Waals surface area contributed by atoms with Crippen LogP contribution in [0.3, 0.4) is 0 Å². The second kappa shape index (κ2) is 5.88. The molecule has 1 aromatic heterocycles. The number of rotatable bonds is 5. The Morgan fingerprint density at radius 2 is 2.05 bits per heavy atom. The zero-order chi connectivity index (χ0) is 14.0. The number of aromatic nitrogens is 1. The predicted octanol–water partition coefficient (Wildman–Crippen LogP) is 2.34. The Labute approximate surface area is 117 Å². The minimum atomic E-state index is -0.763. The summed E-state index contributed by atoms with van der Waals surface area (Å²) in [4.78, 5) is 0. The first-order valence-corrected chi connectivity index (χ1v) is 8.20. The number of aryl methyl sites for hydroxylation is 2. The molecule has 0 bridgehead atoms. The van der Waals surface area contributed by atoms with Gasteiger partial charge in [-0.1, -0.05) is 18.2 Å². The Balaban J connectivity index is 2.15. The molecule has 2 atom stereocenters. The number of nitrogens with one attached hydrogen (secondary N) is 1. The van der Waals surface area contributed by atoms with E-state index >= 15 is 0 Å². The highest BCUT2D eigenvalue weighted by molar-refractivity contribution is 7.84. The summed E-state index contributed by atoms with van der Waals surface area (Å²) < 4.78 is 13.6. The molecule has 2 rings (SSSR count). The second-order valence-electron chi connectivity index (χ2n) is 5.09. The number of hydrogen-bond acceptors (Lipinski definition) is 2. The van der Waals surface area contributed by atoms with Crippen LogP contribution in [0.15, 0.2) is 24.3 Å². The number of benzene rings is 1. The first-order valence-electron chi connectivity index (χ1n) is 6.58. The highest BCUT2D eigenvalue weighted by atomic mass is 32.2. The average molecular weight is 278 g/mol. The molecule has 0 fully saturated rings. The molecule has 19 heavy (non-hydrogen) atoms. The van der Waals surface area contributed by atoms with Gasteiger partial charge in [-0.15, -0.1) is 0 Å². The van der Waals surface area contributed by atoms with Crippen molar-refractivity contribution in [1.82, 2.24) is 9.88 Å². The SMILES string of the molecule is Cc1c(CNCC(C)S(C)=O)n(C)c2ccccc12. The molecule has 0 saturated carbocycles. The fourth-order valence-corrected chi connectivity index (χ4v) is 2.75. The molecule has 0 aliphatic carbocycles. The van der Waals surface area contributed by atoms with E-state index in [1.54, 1.807) is 6.26 Å². The summed E-state index contributed by atoms with van der Waals surface area (Å²) in [7, 11) is 1.34. The van der Waals surface area contributed by atoms with Gasteiger partial charge in [0.1, 0.15) is 0 Å². The van der Waals surface area contributed by atoms with Crippen LogP contribution in [0, 0.1) is 6.92 Å². The van der Waals surface area contributed by atoms with Crippen molar-refractivity contribution >= 4 is 21.7 Å². The largest absolute Gasteiger partial charge is 0.346 e. The first-order chi connectivity index (χ1) is 9.02. The summed E-state index contributed by atoms with van der Waals surface area (Å²) in [6, 6.07) is 8.46. The Morgan fingerprint density at radius 3 is 2.68 bits per heavy atom. The fraction of sp³-hybridized carbons (Fsp3) is 0.467. The summed E-state index contributed by atoms with van der Waals surface area (Å²) in [5.74, 6) is 0. The van der Waals surface area contributed by atoms with Crippen molar-refractivity contribution in [3.63, 3.8) is 0 Å². The lowest BCUT2D eigenvalue weighted by molar-refractivity contribution is 0.631. The maximum atomic E-state index is 11.3. The summed E-state index contributed by atoms with van der Waals surface area (Å²) >= 11 is 0. The van der Waals surface area contributed by atoms with Gasteiger partial charge in [-0.25, -0.2) is 0 Å². The topological polar surface area (TPSA) is 34.0 Å². The fourth-order valence-electron chi connectivity index (χ4n) is 2.40. The van der Waals surface area contributed by atoms with Gasteiger partial charge in [-0.3, -0.25) is 4.21 Å². The maximum Gasteiger partial charge on any atom is 0.0483 e. The summed E-state index contributed by atoms with van der Waals surface area (Å²) in [5, 5.41) is 4.92. The van der Waals surface area contributed by atoms with E-state index in [1.807, 2.05) is 6.92 Å². The second-order valence-corrected chi connectivity index (χ2v) is 6.89. The molecule has 0 aliphatic heterocycles. The Bertz CT molecular complexity index is 564. The van der Waals surface area contributed by atoms with Gasteiger partial charge >= 0.3 is 0 Å². The summed E-state index contributed by atoms with van der Waals surface area (Å²) in [6.45, 7) is 5.78. The normalized spacial score (nSPS) is 14.7. The molecule has 0 amide bonds. The molecule has 0 aliphatic rings. The highest BCUT2D eigenvalue weighted by Crippen LogP contribution is 2.24. The molecule has 2 unspecified atom stereocenters. The lowest BCUT2D eigenvalue weighted by Crippen LogP contribution is -2.28. The van der Waals surface area contributed by atoms with Crippen LogP contribution in [0.4, 0.5) is 0 Å². The van der Waals surface area contributed by atoms with Crippen LogP contribution in [0.2, 0.25) is 0 Å². The van der Waals surface area contributed by atoms with Crippen molar-refractivity contribution in [1.29, 1.82) is 0 Å². The van der Waals surface area contributed by atoms with E-state index in [0.717, 1.165) is 13.1 Å². The summed E-state index contributed by atoms with van der Waals surface area (Å²) in [6.07, 6.45) is 1.76. The Morgan fingerprint density at radius 1 is 1.37 bits per heavy atom. The van der Waals surface area contributed by atoms with Crippen molar-refractivity contribution < 1.29 is 4.21 Å². The number of fused-ring (bicyclic) bond motifs is 1. The minimum absolute atomic E-state index is 0.190. The van der Waals surface area contributed by atoms with Crippen molar-refractivity contribution in [3.8, 4) is 0 Å². The zero-order valence-electron chi connectivity index (χ0n) is 12.1. The van der Waals surface area contributed by atoms with E-state index in [1.165, 1.54) is 22.2 Å². The lowest BCUT2D eigenvalue weighted by atomic mass is 10.1. The monoisotopic (exact) mass is 278 g/mol. The zero-order valence-corrected chi connectivity index (χ0v) is 12.9. The Kier molecular flexibility index (Phi) is 4.42. The molecule has 4 heteroatoms. The van der Waals surface area contributed by atoms with Crippen LogP contribution in [0.1, 0.15) is 18.2 Å². The minimum Gasteiger partial charge on any atom is -0.346 e. The van der Waals surface area contributed by atoms with Crippen molar-refractivity contribution in [2.24, 2.45) is 7.05 Å². The van der Waals surface area contributed by atoms with Crippen LogP contribution in [-0.2, 0) is 24.4 Å². The van der Waals surface area contributed by atoms with Gasteiger partial charge < -0.3 is 9.88 Å². The standard InChI is InChI=1S/C15H22N2OS/c1-11(19(4)18)9-16-10-15-12(2)13-7-5-6-8-14(13)17(15)3/h5-8,11,16H,9-10H2,1-4H3. The van der Waals surface area contributed by atoms with E-state index in [0.29, 0.717) is 0 Å². The first kappa shape index (κ1) is 14.3. The molecule has 104 valence electrons. The van der Waals surface area contributed by atoms with Crippen LogP contribution in [0.5, 0.6) is 0 Å². The molecule has 1 aromatic carbocycles. The third-order valence-corrected chi connectivity index (χ3v) is 5.10. The van der Waals surface area contributed by atoms with E-state index in [2.05, 4.69) is 48.1 Å². The molecule has 0 saturated heterocycles. The molecular weight excluding hydrogens is 256 g/mol. The molecule has 1 heterocycles. The van der Waals surface area contributed by atoms with Crippen LogP contribution < -0.4 is 5.32 Å². The van der Waals surface area contributed by atoms with E-state index in [9.17, 15) is 4.21 Å². The third-order valence-electron chi connectivity index (χ3n) is 3.80. The van der Waals surface area contributed by atoms with Crippen LogP contribution >= 0.6 is 0 Å². The van der Waals surface area contributed by atoms with Gasteiger partial charge in [0.15, 0.2) is 0 Å². The molecule has 3 nitrogen and oxygen atoms in total. The Hall–Kier alpha value is -1.13. The van der Waals surface area contributed by atoms with Gasteiger partial charge in [-0.2, -0.15) is 0 Å². The van der Waals surface area contributed by atoms with Crippen molar-refractivity contribution in [2.45, 2.75) is 25.6 Å². The van der Waals surface area contributed by atoms with Gasteiger partial charge in [0.05, 0.1) is 0 Å². The van der Waals surface area contributed by atoms with Crippen LogP contribution in [-0.4, -0.2) is 26.8 Å². The van der Waals surface area contributed by atoms with Gasteiger partial charge in [-0.05, 0) is 25.5 Å². The smallest absolute Gasteiger partial charge is 0.0483 e. The van der Waals surface area contributed by atoms with Crippen molar-refractivity contribution in [2.75, 3.05) is 12.8 Å². The van der Waals surface area contributed by atoms with Gasteiger partial charge in [0.2, 0.25) is 0 Å². The summed E-state index contributed by atoms with van der Waals surface area (Å²) in [5.41, 5.74) is 3.90. The van der Waals surface area contributed by atoms with Gasteiger partial charge in [0, 0.05) is 59.0 Å². The average Bonchev–Trinajstić information content (AvgIpc) is 2.64. The molecule has 0 radical (unpaired) electrons. The number of hydrogen-bond donors (Lipinski definition) is 1. The van der Waals surface area contributed by atoms with Gasteiger partial charge in [0.25, 0.3) is 0 Å². The number of nitrogens with zero attached hydrogens (tertiary/aromatic N) is 1. The van der Waals surface area contributed by atoms with E-state index in [-0.39, 0.29) is 5.25 Å². The van der Waals surface area contributed by atoms with Crippen LogP contribution in [0.25, 0.3) is 10.9 Å². The maximum absolute atomic E-state index is 11.3. The highest BCUT2D eigenvalue weighted by Gasteiger charge is 2.11. The molecule has 1 N–H and O–H groups in total. The lowest BCUT2D eigenvalue weighted by Gasteiger charge is -2.11. The quantitative estimate of drug-likeness (QED) is 0.911. The molecule has 0 spiro atoms. The van der Waals surface area contributed by atoms with E-state index < -0.39 is 10.8 Å².